The summed E-state index contributed by atoms with van der Waals surface area (Å²) in [6.45, 7) is 4.85. The van der Waals surface area contributed by atoms with Crippen molar-refractivity contribution in [2.24, 2.45) is 0 Å². The molecule has 0 amide bonds. The quantitative estimate of drug-likeness (QED) is 0.205. The second kappa shape index (κ2) is 11.7. The van der Waals surface area contributed by atoms with Crippen LogP contribution in [0, 0.1) is 13.8 Å². The van der Waals surface area contributed by atoms with Crippen molar-refractivity contribution in [3.8, 4) is 17.2 Å². The molecule has 0 unspecified atom stereocenters. The third kappa shape index (κ3) is 6.18. The van der Waals surface area contributed by atoms with Crippen molar-refractivity contribution in [2.45, 2.75) is 26.8 Å². The Bertz CT molecular complexity index is 1540. The number of hydrogen-bond acceptors (Lipinski definition) is 5. The number of aromatic carboxylic acids is 1. The first-order valence-electron chi connectivity index (χ1n) is 12.9. The average Bonchev–Trinajstić information content (AvgIpc) is 3.33. The molecule has 4 aromatic carbocycles. The van der Waals surface area contributed by atoms with Crippen LogP contribution in [0.5, 0.6) is 5.75 Å². The molecule has 5 aromatic rings. The lowest BCUT2D eigenvalue weighted by atomic mass is 10.1. The zero-order chi connectivity index (χ0) is 27.2. The van der Waals surface area contributed by atoms with Gasteiger partial charge in [-0.3, -0.25) is 0 Å². The lowest BCUT2D eigenvalue weighted by Crippen LogP contribution is -2.18. The molecule has 0 spiro atoms. The molecule has 0 atom stereocenters. The van der Waals surface area contributed by atoms with E-state index < -0.39 is 5.97 Å². The standard InChI is InChI=1S/C33H30N2O4/c1-23-12-14-27(15-13-23)35(22-26-10-6-7-11-30(26)33(36)37)28-16-18-29(19-17-28)38-21-20-31-24(2)39-32(34-31)25-8-4-3-5-9-25/h3-19H,20-22H2,1-2H3,(H,36,37). The van der Waals surface area contributed by atoms with Crippen LogP contribution in [0.3, 0.4) is 0 Å². The first kappa shape index (κ1) is 25.8. The van der Waals surface area contributed by atoms with Gasteiger partial charge in [0.2, 0.25) is 5.89 Å². The van der Waals surface area contributed by atoms with Gasteiger partial charge in [0.25, 0.3) is 0 Å². The summed E-state index contributed by atoms with van der Waals surface area (Å²) in [6.07, 6.45) is 0.630. The molecule has 1 heterocycles. The van der Waals surface area contributed by atoms with Gasteiger partial charge >= 0.3 is 5.97 Å². The molecule has 39 heavy (non-hydrogen) atoms. The number of ether oxygens (including phenoxy) is 1. The predicted molar refractivity (Wildman–Crippen MR) is 153 cm³/mol. The Kier molecular flexibility index (Phi) is 7.73. The van der Waals surface area contributed by atoms with Crippen LogP contribution in [-0.2, 0) is 13.0 Å². The van der Waals surface area contributed by atoms with Gasteiger partial charge in [-0.25, -0.2) is 9.78 Å². The van der Waals surface area contributed by atoms with E-state index in [1.807, 2.05) is 92.7 Å². The third-order valence-electron chi connectivity index (χ3n) is 6.59. The van der Waals surface area contributed by atoms with Crippen molar-refractivity contribution in [2.75, 3.05) is 11.5 Å². The number of anilines is 2. The van der Waals surface area contributed by atoms with Gasteiger partial charge in [0, 0.05) is 29.9 Å². The monoisotopic (exact) mass is 518 g/mol. The van der Waals surface area contributed by atoms with Crippen LogP contribution in [0.25, 0.3) is 11.5 Å². The molecule has 6 heteroatoms. The molecule has 0 saturated heterocycles. The molecule has 196 valence electrons. The van der Waals surface area contributed by atoms with Crippen LogP contribution in [-0.4, -0.2) is 22.7 Å². The molecule has 1 aromatic heterocycles. The molecule has 0 radical (unpaired) electrons. The van der Waals surface area contributed by atoms with E-state index >= 15 is 0 Å². The van der Waals surface area contributed by atoms with Crippen LogP contribution in [0.4, 0.5) is 11.4 Å². The summed E-state index contributed by atoms with van der Waals surface area (Å²) in [5.74, 6) is 1.23. The second-order valence-electron chi connectivity index (χ2n) is 9.36. The van der Waals surface area contributed by atoms with E-state index in [-0.39, 0.29) is 0 Å². The van der Waals surface area contributed by atoms with Crippen molar-refractivity contribution >= 4 is 17.3 Å². The summed E-state index contributed by atoms with van der Waals surface area (Å²) in [5, 5.41) is 9.69. The van der Waals surface area contributed by atoms with Gasteiger partial charge in [0.1, 0.15) is 11.5 Å². The minimum atomic E-state index is -0.934. The zero-order valence-electron chi connectivity index (χ0n) is 22.0. The first-order chi connectivity index (χ1) is 19.0. The number of carboxylic acid groups (broad SMARTS) is 1. The number of aryl methyl sites for hydroxylation is 2. The number of aromatic nitrogens is 1. The largest absolute Gasteiger partial charge is 0.493 e. The maximum absolute atomic E-state index is 11.8. The maximum Gasteiger partial charge on any atom is 0.336 e. The van der Waals surface area contributed by atoms with Crippen LogP contribution < -0.4 is 9.64 Å². The third-order valence-corrected chi connectivity index (χ3v) is 6.59. The Hall–Kier alpha value is -4.84. The minimum Gasteiger partial charge on any atom is -0.493 e. The fourth-order valence-electron chi connectivity index (χ4n) is 4.45. The topological polar surface area (TPSA) is 75.8 Å². The number of hydrogen-bond donors (Lipinski definition) is 1. The van der Waals surface area contributed by atoms with Crippen LogP contribution in [0.15, 0.2) is 108 Å². The van der Waals surface area contributed by atoms with Crippen LogP contribution in [0.2, 0.25) is 0 Å². The van der Waals surface area contributed by atoms with Crippen molar-refractivity contribution in [1.82, 2.24) is 4.98 Å². The van der Waals surface area contributed by atoms with E-state index in [1.54, 1.807) is 12.1 Å². The summed E-state index contributed by atoms with van der Waals surface area (Å²) in [5.41, 5.74) is 5.94. The highest BCUT2D eigenvalue weighted by molar-refractivity contribution is 5.89. The second-order valence-corrected chi connectivity index (χ2v) is 9.36. The van der Waals surface area contributed by atoms with E-state index in [0.29, 0.717) is 31.0 Å². The highest BCUT2D eigenvalue weighted by atomic mass is 16.5. The van der Waals surface area contributed by atoms with Gasteiger partial charge in [-0.05, 0) is 74.0 Å². The number of oxazole rings is 1. The maximum atomic E-state index is 11.8. The normalized spacial score (nSPS) is 10.8. The molecular formula is C33H30N2O4. The highest BCUT2D eigenvalue weighted by Crippen LogP contribution is 2.30. The summed E-state index contributed by atoms with van der Waals surface area (Å²) in [7, 11) is 0. The molecule has 1 N–H and O–H groups in total. The van der Waals surface area contributed by atoms with E-state index in [9.17, 15) is 9.90 Å². The van der Waals surface area contributed by atoms with Gasteiger partial charge in [0.15, 0.2) is 0 Å². The number of rotatable bonds is 10. The Balaban J connectivity index is 1.30. The first-order valence-corrected chi connectivity index (χ1v) is 12.9. The lowest BCUT2D eigenvalue weighted by molar-refractivity contribution is 0.0695. The van der Waals surface area contributed by atoms with E-state index in [2.05, 4.69) is 22.0 Å². The van der Waals surface area contributed by atoms with Gasteiger partial charge in [-0.15, -0.1) is 0 Å². The molecule has 6 nitrogen and oxygen atoms in total. The van der Waals surface area contributed by atoms with Gasteiger partial charge < -0.3 is 19.2 Å². The van der Waals surface area contributed by atoms with Gasteiger partial charge in [-0.1, -0.05) is 54.1 Å². The minimum absolute atomic E-state index is 0.299. The highest BCUT2D eigenvalue weighted by Gasteiger charge is 2.16. The van der Waals surface area contributed by atoms with Gasteiger partial charge in [0.05, 0.1) is 17.9 Å². The van der Waals surface area contributed by atoms with Crippen LogP contribution >= 0.6 is 0 Å². The smallest absolute Gasteiger partial charge is 0.336 e. The SMILES string of the molecule is Cc1ccc(N(Cc2ccccc2C(=O)O)c2ccc(OCCc3nc(-c4ccccc4)oc3C)cc2)cc1. The Morgan fingerprint density at radius 1 is 0.846 bits per heavy atom. The molecular weight excluding hydrogens is 488 g/mol. The molecule has 5 rings (SSSR count). The number of carboxylic acids is 1. The van der Waals surface area contributed by atoms with Crippen molar-refractivity contribution in [3.05, 3.63) is 131 Å². The van der Waals surface area contributed by atoms with E-state index in [0.717, 1.165) is 45.3 Å². The molecule has 0 fully saturated rings. The number of nitrogens with zero attached hydrogens (tertiary/aromatic N) is 2. The average molecular weight is 519 g/mol. The Morgan fingerprint density at radius 3 is 2.18 bits per heavy atom. The summed E-state index contributed by atoms with van der Waals surface area (Å²) in [6, 6.07) is 33.0. The van der Waals surface area contributed by atoms with Crippen molar-refractivity contribution in [3.63, 3.8) is 0 Å². The zero-order valence-corrected chi connectivity index (χ0v) is 22.0. The Labute approximate surface area is 228 Å². The van der Waals surface area contributed by atoms with Gasteiger partial charge in [-0.2, -0.15) is 0 Å². The summed E-state index contributed by atoms with van der Waals surface area (Å²) >= 11 is 0. The summed E-state index contributed by atoms with van der Waals surface area (Å²) in [4.78, 5) is 18.6. The molecule has 0 bridgehead atoms. The predicted octanol–water partition coefficient (Wildman–Crippen LogP) is 7.62. The van der Waals surface area contributed by atoms with Crippen molar-refractivity contribution in [1.29, 1.82) is 0 Å². The van der Waals surface area contributed by atoms with Crippen molar-refractivity contribution < 1.29 is 19.1 Å². The molecule has 0 aliphatic carbocycles. The number of benzene rings is 4. The molecule has 0 saturated carbocycles. The Morgan fingerprint density at radius 2 is 1.49 bits per heavy atom. The van der Waals surface area contributed by atoms with Crippen LogP contribution in [0.1, 0.15) is 32.9 Å². The van der Waals surface area contributed by atoms with E-state index in [4.69, 9.17) is 9.15 Å². The lowest BCUT2D eigenvalue weighted by Gasteiger charge is -2.26. The fraction of sp³-hybridized carbons (Fsp3) is 0.152. The molecule has 0 aliphatic rings. The van der Waals surface area contributed by atoms with E-state index in [1.165, 1.54) is 0 Å². The molecule has 0 aliphatic heterocycles. The fourth-order valence-corrected chi connectivity index (χ4v) is 4.45. The summed E-state index contributed by atoms with van der Waals surface area (Å²) < 4.78 is 11.9. The number of carbonyl (C=O) groups is 1.